The Morgan fingerprint density at radius 2 is 1.38 bits per heavy atom. The average molecular weight is 836 g/mol. The van der Waals surface area contributed by atoms with Gasteiger partial charge in [0.1, 0.15) is 6.04 Å². The van der Waals surface area contributed by atoms with Crippen LogP contribution in [0.3, 0.4) is 0 Å². The monoisotopic (exact) mass is 836 g/mol. The minimum atomic E-state index is -0.891. The first kappa shape index (κ1) is 46.0. The molecule has 61 heavy (non-hydrogen) atoms. The number of carbonyl (C=O) groups is 5. The molecule has 1 heterocycles. The molecule has 3 aromatic rings. The number of benzene rings is 3. The van der Waals surface area contributed by atoms with Crippen LogP contribution in [0.2, 0.25) is 0 Å². The molecule has 1 saturated heterocycles. The number of hydrogen-bond donors (Lipinski definition) is 6. The summed E-state index contributed by atoms with van der Waals surface area (Å²) in [7, 11) is 1.72. The number of amides is 3. The normalized spacial score (nSPS) is 19.5. The van der Waals surface area contributed by atoms with Crippen molar-refractivity contribution >= 4 is 45.7 Å². The summed E-state index contributed by atoms with van der Waals surface area (Å²) in [6.45, 7) is 0.760. The average Bonchev–Trinajstić information content (AvgIpc) is 3.78. The zero-order valence-corrected chi connectivity index (χ0v) is 36.2. The standard InChI is InChI=1S/C49H69N7O5/c1-53-41(30-34-20-9-4-10-21-34)48(60)54-40(24-13-14-26-50)49(61)56-27-15-25-42(56)45(57)37-31-35-22-11-12-23-36(35)43(46(58)38(51)28-32-16-5-2-6-17-32)44(37)55-47(59)39(52)29-33-18-7-3-8-19-33/h4,9-12,20-23,31-33,38-42,53H,2-3,5-8,13-19,24-30,50-52H2,1H3,(H,54,60)(H,55,59)/t38-,39+,40+,41+,42+/m1/s1. The van der Waals surface area contributed by atoms with E-state index < -0.39 is 36.1 Å². The smallest absolute Gasteiger partial charge is 0.245 e. The van der Waals surface area contributed by atoms with Crippen molar-refractivity contribution in [2.45, 2.75) is 146 Å². The Morgan fingerprint density at radius 1 is 0.738 bits per heavy atom. The highest BCUT2D eigenvalue weighted by molar-refractivity contribution is 6.22. The van der Waals surface area contributed by atoms with Crippen LogP contribution < -0.4 is 33.2 Å². The number of anilines is 1. The van der Waals surface area contributed by atoms with Gasteiger partial charge in [0, 0.05) is 12.1 Å². The number of fused-ring (bicyclic) bond motifs is 1. The maximum Gasteiger partial charge on any atom is 0.245 e. The summed E-state index contributed by atoms with van der Waals surface area (Å²) in [5.74, 6) is -1.17. The Kier molecular flexibility index (Phi) is 17.0. The number of Topliss-reactive ketones (excluding diaryl/α,β-unsaturated/α-hetero) is 2. The molecule has 12 heteroatoms. The number of rotatable bonds is 20. The zero-order valence-electron chi connectivity index (χ0n) is 36.2. The van der Waals surface area contributed by atoms with Crippen molar-refractivity contribution in [2.24, 2.45) is 29.0 Å². The lowest BCUT2D eigenvalue weighted by molar-refractivity contribution is -0.137. The summed E-state index contributed by atoms with van der Waals surface area (Å²) in [5, 5.41) is 10.4. The summed E-state index contributed by atoms with van der Waals surface area (Å²) >= 11 is 0. The first-order valence-electron chi connectivity index (χ1n) is 23.1. The topological polar surface area (TPSA) is 203 Å². The Morgan fingerprint density at radius 3 is 2.03 bits per heavy atom. The van der Waals surface area contributed by atoms with E-state index in [9.17, 15) is 19.2 Å². The molecule has 5 atom stereocenters. The third kappa shape index (κ3) is 11.9. The Balaban J connectivity index is 1.33. The van der Waals surface area contributed by atoms with E-state index >= 15 is 4.79 Å². The fourth-order valence-corrected chi connectivity index (χ4v) is 9.99. The molecule has 0 spiro atoms. The van der Waals surface area contributed by atoms with Crippen molar-refractivity contribution < 1.29 is 24.0 Å². The lowest BCUT2D eigenvalue weighted by Crippen LogP contribution is -2.55. The maximum absolute atomic E-state index is 15.2. The van der Waals surface area contributed by atoms with Gasteiger partial charge in [0.2, 0.25) is 17.7 Å². The van der Waals surface area contributed by atoms with E-state index in [1.165, 1.54) is 12.8 Å². The lowest BCUT2D eigenvalue weighted by Gasteiger charge is -2.31. The van der Waals surface area contributed by atoms with Crippen LogP contribution in [0.15, 0.2) is 60.7 Å². The molecule has 3 aromatic carbocycles. The molecule has 2 saturated carbocycles. The van der Waals surface area contributed by atoms with E-state index in [1.54, 1.807) is 18.0 Å². The van der Waals surface area contributed by atoms with Gasteiger partial charge in [-0.1, -0.05) is 119 Å². The number of hydrogen-bond acceptors (Lipinski definition) is 9. The van der Waals surface area contributed by atoms with E-state index in [0.717, 1.165) is 56.9 Å². The second kappa shape index (κ2) is 22.6. The van der Waals surface area contributed by atoms with Crippen LogP contribution in [-0.2, 0) is 20.8 Å². The van der Waals surface area contributed by atoms with Crippen LogP contribution in [-0.4, -0.2) is 84.5 Å². The molecule has 3 amide bonds. The van der Waals surface area contributed by atoms with Gasteiger partial charge in [0.05, 0.1) is 35.4 Å². The maximum atomic E-state index is 15.2. The summed E-state index contributed by atoms with van der Waals surface area (Å²) in [4.78, 5) is 74.1. The second-order valence-electron chi connectivity index (χ2n) is 17.9. The fraction of sp³-hybridized carbons (Fsp3) is 0.571. The van der Waals surface area contributed by atoms with Crippen LogP contribution in [0, 0.1) is 11.8 Å². The highest BCUT2D eigenvalue weighted by Crippen LogP contribution is 2.37. The van der Waals surface area contributed by atoms with Gasteiger partial charge < -0.3 is 38.1 Å². The van der Waals surface area contributed by atoms with E-state index in [-0.39, 0.29) is 40.2 Å². The van der Waals surface area contributed by atoms with Gasteiger partial charge in [-0.3, -0.25) is 24.0 Å². The predicted octanol–water partition coefficient (Wildman–Crippen LogP) is 6.17. The molecule has 6 rings (SSSR count). The van der Waals surface area contributed by atoms with E-state index in [2.05, 4.69) is 16.0 Å². The molecule has 2 aliphatic carbocycles. The molecule has 0 unspecified atom stereocenters. The fourth-order valence-electron chi connectivity index (χ4n) is 9.99. The third-order valence-electron chi connectivity index (χ3n) is 13.5. The van der Waals surface area contributed by atoms with Crippen molar-refractivity contribution in [2.75, 3.05) is 25.5 Å². The summed E-state index contributed by atoms with van der Waals surface area (Å²) < 4.78 is 0. The number of likely N-dealkylation sites (tertiary alicyclic amines) is 1. The van der Waals surface area contributed by atoms with Crippen LogP contribution in [0.4, 0.5) is 5.69 Å². The molecule has 3 fully saturated rings. The van der Waals surface area contributed by atoms with Gasteiger partial charge in [-0.2, -0.15) is 0 Å². The molecule has 0 bridgehead atoms. The highest BCUT2D eigenvalue weighted by atomic mass is 16.2. The highest BCUT2D eigenvalue weighted by Gasteiger charge is 2.40. The lowest BCUT2D eigenvalue weighted by atomic mass is 9.82. The first-order valence-corrected chi connectivity index (χ1v) is 23.1. The van der Waals surface area contributed by atoms with Gasteiger partial charge in [-0.15, -0.1) is 0 Å². The minimum Gasteiger partial charge on any atom is -0.343 e. The van der Waals surface area contributed by atoms with Crippen molar-refractivity contribution in [3.8, 4) is 0 Å². The molecule has 12 nitrogen and oxygen atoms in total. The molecule has 3 aliphatic rings. The van der Waals surface area contributed by atoms with Crippen molar-refractivity contribution in [3.05, 3.63) is 77.4 Å². The number of nitrogens with two attached hydrogens (primary N) is 3. The number of unbranched alkanes of at least 4 members (excludes halogenated alkanes) is 1. The summed E-state index contributed by atoms with van der Waals surface area (Å²) in [6.07, 6.45) is 14.9. The number of carbonyl (C=O) groups excluding carboxylic acids is 5. The predicted molar refractivity (Wildman–Crippen MR) is 242 cm³/mol. The minimum absolute atomic E-state index is 0.113. The summed E-state index contributed by atoms with van der Waals surface area (Å²) in [5.41, 5.74) is 20.7. The largest absolute Gasteiger partial charge is 0.343 e. The molecular formula is C49H69N7O5. The quantitative estimate of drug-likeness (QED) is 0.0568. The van der Waals surface area contributed by atoms with E-state index in [0.29, 0.717) is 87.1 Å². The molecule has 0 radical (unpaired) electrons. The number of ketones is 2. The van der Waals surface area contributed by atoms with Crippen molar-refractivity contribution in [1.29, 1.82) is 0 Å². The number of nitrogens with zero attached hydrogens (tertiary/aromatic N) is 1. The third-order valence-corrected chi connectivity index (χ3v) is 13.5. The van der Waals surface area contributed by atoms with Crippen LogP contribution in [0.25, 0.3) is 10.8 Å². The van der Waals surface area contributed by atoms with Crippen LogP contribution in [0.5, 0.6) is 0 Å². The Hall–Kier alpha value is -4.49. The van der Waals surface area contributed by atoms with Crippen molar-refractivity contribution in [1.82, 2.24) is 15.5 Å². The SMILES string of the molecule is CN[C@@H](Cc1ccccc1)C(=O)N[C@@H](CCCCN)C(=O)N1CCC[C@H]1C(=O)c1cc2ccccc2c(C(=O)[C@H](N)CC2CCCCC2)c1NC(=O)[C@@H](N)CC1CCCCC1. The van der Waals surface area contributed by atoms with Crippen molar-refractivity contribution in [3.63, 3.8) is 0 Å². The van der Waals surface area contributed by atoms with Gasteiger partial charge in [0.15, 0.2) is 11.6 Å². The Bertz CT molecular complexity index is 1960. The first-order chi connectivity index (χ1) is 29.6. The van der Waals surface area contributed by atoms with Gasteiger partial charge in [-0.05, 0) is 99.2 Å². The second-order valence-corrected chi connectivity index (χ2v) is 17.9. The van der Waals surface area contributed by atoms with Crippen LogP contribution >= 0.6 is 0 Å². The number of likely N-dealkylation sites (N-methyl/N-ethyl adjacent to an activating group) is 1. The Labute approximate surface area is 361 Å². The molecule has 330 valence electrons. The van der Waals surface area contributed by atoms with E-state index in [1.807, 2.05) is 54.6 Å². The zero-order chi connectivity index (χ0) is 43.3. The molecule has 1 aliphatic heterocycles. The van der Waals surface area contributed by atoms with Gasteiger partial charge in [0.25, 0.3) is 0 Å². The molecule has 0 aromatic heterocycles. The molecule has 9 N–H and O–H groups in total. The van der Waals surface area contributed by atoms with Gasteiger partial charge in [-0.25, -0.2) is 0 Å². The van der Waals surface area contributed by atoms with E-state index in [4.69, 9.17) is 17.2 Å². The van der Waals surface area contributed by atoms with Gasteiger partial charge >= 0.3 is 0 Å². The van der Waals surface area contributed by atoms with Crippen LogP contribution in [0.1, 0.15) is 135 Å². The summed E-state index contributed by atoms with van der Waals surface area (Å²) in [6, 6.07) is 14.7. The number of nitrogens with one attached hydrogen (secondary N) is 3. The molecular weight excluding hydrogens is 767 g/mol.